The third-order valence-electron chi connectivity index (χ3n) is 4.50. The highest BCUT2D eigenvalue weighted by atomic mass is 16.5. The minimum atomic E-state index is -0.165. The molecule has 0 saturated carbocycles. The number of carbonyl (C=O) groups excluding carboxylic acids is 2. The molecular weight excluding hydrogens is 318 g/mol. The summed E-state index contributed by atoms with van der Waals surface area (Å²) in [6.45, 7) is 5.06. The van der Waals surface area contributed by atoms with Crippen LogP contribution >= 0.6 is 0 Å². The summed E-state index contributed by atoms with van der Waals surface area (Å²) in [5.41, 5.74) is 2.02. The number of amides is 2. The fourth-order valence-electron chi connectivity index (χ4n) is 3.17. The standard InChI is InChI=1S/C19H23N3O3/c1-12(11-22-8-4-5-18(22)23)20-19(24)16-9-14-6-7-15(25-3)10-17(14)21-13(16)2/h6-7,9-10,12H,4-5,8,11H2,1-3H3,(H,20,24)/t12-/m0/s1. The van der Waals surface area contributed by atoms with Crippen molar-refractivity contribution >= 4 is 22.7 Å². The van der Waals surface area contributed by atoms with Crippen LogP contribution in [0.5, 0.6) is 5.75 Å². The van der Waals surface area contributed by atoms with E-state index < -0.39 is 0 Å². The van der Waals surface area contributed by atoms with Gasteiger partial charge in [0.05, 0.1) is 23.9 Å². The molecule has 1 fully saturated rings. The van der Waals surface area contributed by atoms with E-state index >= 15 is 0 Å². The van der Waals surface area contributed by atoms with Crippen molar-refractivity contribution in [1.29, 1.82) is 0 Å². The summed E-state index contributed by atoms with van der Waals surface area (Å²) < 4.78 is 5.21. The van der Waals surface area contributed by atoms with Crippen LogP contribution in [0, 0.1) is 6.92 Å². The van der Waals surface area contributed by atoms with Crippen LogP contribution in [0.1, 0.15) is 35.8 Å². The topological polar surface area (TPSA) is 71.5 Å². The highest BCUT2D eigenvalue weighted by Crippen LogP contribution is 2.21. The van der Waals surface area contributed by atoms with E-state index in [0.717, 1.165) is 29.6 Å². The monoisotopic (exact) mass is 341 g/mol. The van der Waals surface area contributed by atoms with Gasteiger partial charge in [0.15, 0.2) is 0 Å². The number of fused-ring (bicyclic) bond motifs is 1. The number of benzene rings is 1. The van der Waals surface area contributed by atoms with Crippen LogP contribution in [-0.2, 0) is 4.79 Å². The second-order valence-corrected chi connectivity index (χ2v) is 6.50. The Hall–Kier alpha value is -2.63. The minimum Gasteiger partial charge on any atom is -0.497 e. The zero-order valence-electron chi connectivity index (χ0n) is 14.8. The highest BCUT2D eigenvalue weighted by molar-refractivity contribution is 5.99. The number of methoxy groups -OCH3 is 1. The molecule has 0 unspecified atom stereocenters. The molecule has 1 aliphatic heterocycles. The molecule has 0 bridgehead atoms. The molecule has 1 atom stereocenters. The van der Waals surface area contributed by atoms with Crippen molar-refractivity contribution in [2.75, 3.05) is 20.2 Å². The van der Waals surface area contributed by atoms with Gasteiger partial charge in [0.2, 0.25) is 5.91 Å². The van der Waals surface area contributed by atoms with E-state index in [4.69, 9.17) is 4.74 Å². The van der Waals surface area contributed by atoms with Crippen molar-refractivity contribution in [3.05, 3.63) is 35.5 Å². The number of pyridine rings is 1. The van der Waals surface area contributed by atoms with Gasteiger partial charge >= 0.3 is 0 Å². The number of ether oxygens (including phenoxy) is 1. The summed E-state index contributed by atoms with van der Waals surface area (Å²) >= 11 is 0. The number of carbonyl (C=O) groups is 2. The van der Waals surface area contributed by atoms with E-state index in [1.165, 1.54) is 0 Å². The molecule has 6 nitrogen and oxygen atoms in total. The van der Waals surface area contributed by atoms with E-state index in [0.29, 0.717) is 24.2 Å². The maximum atomic E-state index is 12.6. The van der Waals surface area contributed by atoms with Crippen LogP contribution in [0.25, 0.3) is 10.9 Å². The SMILES string of the molecule is COc1ccc2cc(C(=O)N[C@@H](C)CN3CCCC3=O)c(C)nc2c1. The minimum absolute atomic E-state index is 0.111. The molecule has 1 saturated heterocycles. The maximum Gasteiger partial charge on any atom is 0.253 e. The van der Waals surface area contributed by atoms with Crippen molar-refractivity contribution in [2.24, 2.45) is 0 Å². The summed E-state index contributed by atoms with van der Waals surface area (Å²) in [5.74, 6) is 0.737. The summed E-state index contributed by atoms with van der Waals surface area (Å²) in [6.07, 6.45) is 1.51. The van der Waals surface area contributed by atoms with E-state index in [1.807, 2.05) is 43.0 Å². The number of nitrogens with one attached hydrogen (secondary N) is 1. The van der Waals surface area contributed by atoms with E-state index in [-0.39, 0.29) is 17.9 Å². The number of aryl methyl sites for hydroxylation is 1. The Kier molecular flexibility index (Phi) is 4.88. The van der Waals surface area contributed by atoms with Crippen LogP contribution in [0.4, 0.5) is 0 Å². The van der Waals surface area contributed by atoms with Crippen molar-refractivity contribution < 1.29 is 14.3 Å². The smallest absolute Gasteiger partial charge is 0.253 e. The molecule has 3 rings (SSSR count). The highest BCUT2D eigenvalue weighted by Gasteiger charge is 2.23. The van der Waals surface area contributed by atoms with E-state index in [9.17, 15) is 9.59 Å². The normalized spacial score (nSPS) is 15.5. The lowest BCUT2D eigenvalue weighted by Gasteiger charge is -2.22. The molecular formula is C19H23N3O3. The Morgan fingerprint density at radius 2 is 2.20 bits per heavy atom. The van der Waals surface area contributed by atoms with Gasteiger partial charge in [-0.2, -0.15) is 0 Å². The number of likely N-dealkylation sites (tertiary alicyclic amines) is 1. The molecule has 1 aromatic heterocycles. The van der Waals surface area contributed by atoms with Gasteiger partial charge in [-0.15, -0.1) is 0 Å². The zero-order chi connectivity index (χ0) is 18.0. The molecule has 0 spiro atoms. The summed E-state index contributed by atoms with van der Waals surface area (Å²) in [5, 5.41) is 3.86. The number of aromatic nitrogens is 1. The molecule has 25 heavy (non-hydrogen) atoms. The summed E-state index contributed by atoms with van der Waals surface area (Å²) in [7, 11) is 1.61. The third kappa shape index (κ3) is 3.73. The quantitative estimate of drug-likeness (QED) is 0.906. The van der Waals surface area contributed by atoms with E-state index in [1.54, 1.807) is 7.11 Å². The lowest BCUT2D eigenvalue weighted by molar-refractivity contribution is -0.127. The first kappa shape index (κ1) is 17.2. The molecule has 2 amide bonds. The molecule has 132 valence electrons. The van der Waals surface area contributed by atoms with Crippen molar-refractivity contribution in [1.82, 2.24) is 15.2 Å². The molecule has 1 aromatic carbocycles. The summed E-state index contributed by atoms with van der Waals surface area (Å²) in [6, 6.07) is 7.33. The number of nitrogens with zero attached hydrogens (tertiary/aromatic N) is 2. The number of hydrogen-bond acceptors (Lipinski definition) is 4. The fraction of sp³-hybridized carbons (Fsp3) is 0.421. The Morgan fingerprint density at radius 1 is 1.40 bits per heavy atom. The first-order valence-corrected chi connectivity index (χ1v) is 8.52. The van der Waals surface area contributed by atoms with Gasteiger partial charge in [0, 0.05) is 37.0 Å². The van der Waals surface area contributed by atoms with Crippen LogP contribution in [0.3, 0.4) is 0 Å². The Morgan fingerprint density at radius 3 is 2.88 bits per heavy atom. The average molecular weight is 341 g/mol. The van der Waals surface area contributed by atoms with Gasteiger partial charge in [0.25, 0.3) is 5.91 Å². The van der Waals surface area contributed by atoms with Gasteiger partial charge in [0.1, 0.15) is 5.75 Å². The predicted octanol–water partition coefficient (Wildman–Crippen LogP) is 2.29. The Balaban J connectivity index is 1.74. The summed E-state index contributed by atoms with van der Waals surface area (Å²) in [4.78, 5) is 30.7. The van der Waals surface area contributed by atoms with Gasteiger partial charge < -0.3 is 15.0 Å². The lowest BCUT2D eigenvalue weighted by atomic mass is 10.1. The van der Waals surface area contributed by atoms with Crippen molar-refractivity contribution in [2.45, 2.75) is 32.7 Å². The second kappa shape index (κ2) is 7.09. The maximum absolute atomic E-state index is 12.6. The largest absolute Gasteiger partial charge is 0.497 e. The number of hydrogen-bond donors (Lipinski definition) is 1. The third-order valence-corrected chi connectivity index (χ3v) is 4.50. The van der Waals surface area contributed by atoms with Crippen molar-refractivity contribution in [3.63, 3.8) is 0 Å². The van der Waals surface area contributed by atoms with Gasteiger partial charge in [-0.05, 0) is 38.5 Å². The van der Waals surface area contributed by atoms with Crippen LogP contribution in [0.15, 0.2) is 24.3 Å². The number of rotatable bonds is 5. The molecule has 2 heterocycles. The molecule has 0 radical (unpaired) electrons. The first-order chi connectivity index (χ1) is 12.0. The van der Waals surface area contributed by atoms with Crippen molar-refractivity contribution in [3.8, 4) is 5.75 Å². The van der Waals surface area contributed by atoms with Gasteiger partial charge in [-0.3, -0.25) is 14.6 Å². The first-order valence-electron chi connectivity index (χ1n) is 8.52. The van der Waals surface area contributed by atoms with Crippen LogP contribution < -0.4 is 10.1 Å². The molecule has 6 heteroatoms. The van der Waals surface area contributed by atoms with Gasteiger partial charge in [-0.25, -0.2) is 0 Å². The Labute approximate surface area is 147 Å². The molecule has 1 N–H and O–H groups in total. The van der Waals surface area contributed by atoms with Crippen LogP contribution in [-0.4, -0.2) is 47.9 Å². The Bertz CT molecular complexity index is 819. The van der Waals surface area contributed by atoms with E-state index in [2.05, 4.69) is 10.3 Å². The molecule has 0 aliphatic carbocycles. The zero-order valence-corrected chi connectivity index (χ0v) is 14.8. The predicted molar refractivity (Wildman–Crippen MR) is 95.8 cm³/mol. The average Bonchev–Trinajstić information content (AvgIpc) is 2.98. The molecule has 1 aliphatic rings. The van der Waals surface area contributed by atoms with Crippen LogP contribution in [0.2, 0.25) is 0 Å². The van der Waals surface area contributed by atoms with Gasteiger partial charge in [-0.1, -0.05) is 0 Å². The lowest BCUT2D eigenvalue weighted by Crippen LogP contribution is -2.42. The molecule has 2 aromatic rings. The fourth-order valence-corrected chi connectivity index (χ4v) is 3.17. The second-order valence-electron chi connectivity index (χ2n) is 6.50.